The van der Waals surface area contributed by atoms with Crippen molar-refractivity contribution in [3.63, 3.8) is 0 Å². The average molecular weight is 241 g/mol. The molecule has 94 valence electrons. The first kappa shape index (κ1) is 13.2. The monoisotopic (exact) mass is 241 g/mol. The number of hydrogen-bond acceptors (Lipinski definition) is 5. The summed E-state index contributed by atoms with van der Waals surface area (Å²) in [6, 6.07) is -1.48. The molecule has 0 aromatic heterocycles. The fourth-order valence-corrected chi connectivity index (χ4v) is 1.96. The lowest BCUT2D eigenvalue weighted by molar-refractivity contribution is -0.156. The first-order chi connectivity index (χ1) is 8.06. The maximum Gasteiger partial charge on any atom is 0.328 e. The molecule has 0 spiro atoms. The van der Waals surface area contributed by atoms with Crippen LogP contribution in [0.1, 0.15) is 12.8 Å². The summed E-state index contributed by atoms with van der Waals surface area (Å²) in [5, 5.41) is 0. The lowest BCUT2D eigenvalue weighted by Gasteiger charge is -2.26. The third-order valence-electron chi connectivity index (χ3n) is 2.76. The molecular formula is C11H15NO5. The molecule has 0 unspecified atom stereocenters. The normalized spacial score (nSPS) is 23.1. The molecule has 1 heterocycles. The van der Waals surface area contributed by atoms with Crippen molar-refractivity contribution in [2.45, 2.75) is 24.9 Å². The minimum atomic E-state index is -0.741. The number of hydrogen-bond donors (Lipinski definition) is 0. The van der Waals surface area contributed by atoms with Crippen LogP contribution in [0.15, 0.2) is 12.7 Å². The molecule has 1 amide bonds. The Labute approximate surface area is 99.2 Å². The van der Waals surface area contributed by atoms with Crippen LogP contribution < -0.4 is 0 Å². The predicted octanol–water partition coefficient (Wildman–Crippen LogP) is -0.122. The summed E-state index contributed by atoms with van der Waals surface area (Å²) in [6.07, 6.45) is 1.83. The molecule has 0 aliphatic carbocycles. The van der Waals surface area contributed by atoms with Crippen LogP contribution in [0.2, 0.25) is 0 Å². The molecule has 1 fully saturated rings. The Morgan fingerprint density at radius 3 is 1.82 bits per heavy atom. The van der Waals surface area contributed by atoms with Gasteiger partial charge in [0, 0.05) is 0 Å². The van der Waals surface area contributed by atoms with E-state index in [1.54, 1.807) is 0 Å². The molecule has 1 saturated heterocycles. The van der Waals surface area contributed by atoms with E-state index in [9.17, 15) is 14.4 Å². The Balaban J connectivity index is 2.96. The van der Waals surface area contributed by atoms with Crippen LogP contribution in [0.3, 0.4) is 0 Å². The first-order valence-corrected chi connectivity index (χ1v) is 5.17. The van der Waals surface area contributed by atoms with Crippen molar-refractivity contribution in [1.29, 1.82) is 0 Å². The van der Waals surface area contributed by atoms with Gasteiger partial charge in [0.05, 0.1) is 14.2 Å². The number of carbonyl (C=O) groups excluding carboxylic acids is 3. The molecule has 0 aromatic rings. The zero-order valence-electron chi connectivity index (χ0n) is 9.84. The molecule has 2 atom stereocenters. The number of rotatable bonds is 3. The minimum absolute atomic E-state index is 0.381. The van der Waals surface area contributed by atoms with E-state index in [-0.39, 0.29) is 0 Å². The fourth-order valence-electron chi connectivity index (χ4n) is 1.96. The van der Waals surface area contributed by atoms with Crippen LogP contribution in [-0.4, -0.2) is 49.0 Å². The number of methoxy groups -OCH3 is 2. The van der Waals surface area contributed by atoms with Crippen molar-refractivity contribution >= 4 is 17.8 Å². The summed E-state index contributed by atoms with van der Waals surface area (Å²) in [5.41, 5.74) is 0. The van der Waals surface area contributed by atoms with Crippen LogP contribution in [-0.2, 0) is 23.9 Å². The summed E-state index contributed by atoms with van der Waals surface area (Å²) >= 11 is 0. The maximum atomic E-state index is 11.7. The van der Waals surface area contributed by atoms with Gasteiger partial charge >= 0.3 is 11.9 Å². The van der Waals surface area contributed by atoms with Gasteiger partial charge in [-0.05, 0) is 18.9 Å². The Morgan fingerprint density at radius 1 is 1.12 bits per heavy atom. The van der Waals surface area contributed by atoms with Crippen molar-refractivity contribution < 1.29 is 23.9 Å². The molecule has 0 radical (unpaired) electrons. The van der Waals surface area contributed by atoms with Gasteiger partial charge in [-0.1, -0.05) is 6.58 Å². The highest BCUT2D eigenvalue weighted by Crippen LogP contribution is 2.26. The SMILES string of the molecule is C=CC(=O)N1[C@H](C(=O)OC)CC[C@H]1C(=O)OC. The van der Waals surface area contributed by atoms with Gasteiger partial charge in [0.1, 0.15) is 12.1 Å². The smallest absolute Gasteiger partial charge is 0.328 e. The zero-order valence-corrected chi connectivity index (χ0v) is 9.84. The van der Waals surface area contributed by atoms with Crippen LogP contribution in [0.5, 0.6) is 0 Å². The third-order valence-corrected chi connectivity index (χ3v) is 2.76. The molecule has 0 bridgehead atoms. The van der Waals surface area contributed by atoms with Crippen molar-refractivity contribution in [2.75, 3.05) is 14.2 Å². The summed E-state index contributed by atoms with van der Waals surface area (Å²) in [7, 11) is 2.48. The predicted molar refractivity (Wildman–Crippen MR) is 57.9 cm³/mol. The molecule has 0 N–H and O–H groups in total. The molecule has 6 nitrogen and oxygen atoms in total. The number of nitrogens with zero attached hydrogens (tertiary/aromatic N) is 1. The lowest BCUT2D eigenvalue weighted by Crippen LogP contribution is -2.47. The second-order valence-electron chi connectivity index (χ2n) is 3.60. The number of ether oxygens (including phenoxy) is 2. The summed E-state index contributed by atoms with van der Waals surface area (Å²) in [5.74, 6) is -1.55. The molecule has 6 heteroatoms. The second kappa shape index (κ2) is 5.47. The van der Waals surface area contributed by atoms with Gasteiger partial charge in [-0.25, -0.2) is 9.59 Å². The quantitative estimate of drug-likeness (QED) is 0.508. The van der Waals surface area contributed by atoms with Crippen LogP contribution in [0.25, 0.3) is 0 Å². The van der Waals surface area contributed by atoms with E-state index in [4.69, 9.17) is 0 Å². The van der Waals surface area contributed by atoms with E-state index in [1.165, 1.54) is 19.1 Å². The van der Waals surface area contributed by atoms with E-state index >= 15 is 0 Å². The van der Waals surface area contributed by atoms with E-state index in [0.717, 1.165) is 6.08 Å². The first-order valence-electron chi connectivity index (χ1n) is 5.17. The van der Waals surface area contributed by atoms with Gasteiger partial charge in [-0.3, -0.25) is 4.79 Å². The van der Waals surface area contributed by atoms with Gasteiger partial charge in [0.15, 0.2) is 0 Å². The van der Waals surface area contributed by atoms with Crippen molar-refractivity contribution in [3.8, 4) is 0 Å². The molecule has 0 aromatic carbocycles. The fraction of sp³-hybridized carbons (Fsp3) is 0.545. The lowest BCUT2D eigenvalue weighted by atomic mass is 10.2. The largest absolute Gasteiger partial charge is 0.467 e. The summed E-state index contributed by atoms with van der Waals surface area (Å²) in [4.78, 5) is 35.8. The molecule has 1 aliphatic rings. The van der Waals surface area contributed by atoms with Gasteiger partial charge in [-0.15, -0.1) is 0 Å². The highest BCUT2D eigenvalue weighted by molar-refractivity contribution is 5.95. The zero-order chi connectivity index (χ0) is 13.0. The third kappa shape index (κ3) is 2.46. The number of esters is 2. The summed E-state index contributed by atoms with van der Waals surface area (Å²) in [6.45, 7) is 3.35. The number of amides is 1. The molecule has 1 aliphatic heterocycles. The average Bonchev–Trinajstić information content (AvgIpc) is 2.80. The molecular weight excluding hydrogens is 226 g/mol. The molecule has 0 saturated carbocycles. The van der Waals surface area contributed by atoms with Crippen molar-refractivity contribution in [1.82, 2.24) is 4.90 Å². The standard InChI is InChI=1S/C11H15NO5/c1-4-9(13)12-7(10(14)16-2)5-6-8(12)11(15)17-3/h4,7-8H,1,5-6H2,2-3H3/t7-,8-/m0/s1. The highest BCUT2D eigenvalue weighted by Gasteiger charge is 2.44. The van der Waals surface area contributed by atoms with Crippen LogP contribution >= 0.6 is 0 Å². The summed E-state index contributed by atoms with van der Waals surface area (Å²) < 4.78 is 9.20. The minimum Gasteiger partial charge on any atom is -0.467 e. The Kier molecular flexibility index (Phi) is 4.25. The number of carbonyl (C=O) groups is 3. The van der Waals surface area contributed by atoms with E-state index < -0.39 is 29.9 Å². The molecule has 1 rings (SSSR count). The van der Waals surface area contributed by atoms with E-state index in [0.29, 0.717) is 12.8 Å². The topological polar surface area (TPSA) is 72.9 Å². The Bertz CT molecular complexity index is 328. The van der Waals surface area contributed by atoms with Gasteiger partial charge < -0.3 is 14.4 Å². The Hall–Kier alpha value is -1.85. The number of likely N-dealkylation sites (tertiary alicyclic amines) is 1. The van der Waals surface area contributed by atoms with Crippen molar-refractivity contribution in [3.05, 3.63) is 12.7 Å². The van der Waals surface area contributed by atoms with Crippen molar-refractivity contribution in [2.24, 2.45) is 0 Å². The van der Waals surface area contributed by atoms with Gasteiger partial charge in [0.2, 0.25) is 5.91 Å². The van der Waals surface area contributed by atoms with E-state index in [1.807, 2.05) is 0 Å². The van der Waals surface area contributed by atoms with E-state index in [2.05, 4.69) is 16.1 Å². The van der Waals surface area contributed by atoms with Crippen LogP contribution in [0.4, 0.5) is 0 Å². The van der Waals surface area contributed by atoms with Gasteiger partial charge in [0.25, 0.3) is 0 Å². The highest BCUT2D eigenvalue weighted by atomic mass is 16.5. The maximum absolute atomic E-state index is 11.7. The van der Waals surface area contributed by atoms with Crippen LogP contribution in [0, 0.1) is 0 Å². The molecule has 17 heavy (non-hydrogen) atoms. The Morgan fingerprint density at radius 2 is 1.53 bits per heavy atom. The van der Waals surface area contributed by atoms with Gasteiger partial charge in [-0.2, -0.15) is 0 Å². The second-order valence-corrected chi connectivity index (χ2v) is 3.60.